The Morgan fingerprint density at radius 1 is 1.19 bits per heavy atom. The van der Waals surface area contributed by atoms with Gasteiger partial charge in [0.15, 0.2) is 0 Å². The van der Waals surface area contributed by atoms with Crippen LogP contribution in [-0.4, -0.2) is 43.1 Å². The van der Waals surface area contributed by atoms with Crippen molar-refractivity contribution < 1.29 is 19.1 Å². The molecule has 1 aromatic rings. The molecule has 0 unspecified atom stereocenters. The van der Waals surface area contributed by atoms with Crippen molar-refractivity contribution in [1.29, 1.82) is 0 Å². The summed E-state index contributed by atoms with van der Waals surface area (Å²) in [5, 5.41) is 0. The number of amides is 1. The van der Waals surface area contributed by atoms with E-state index in [1.165, 1.54) is 12.8 Å². The van der Waals surface area contributed by atoms with Crippen LogP contribution in [0.5, 0.6) is 5.75 Å². The van der Waals surface area contributed by atoms with Gasteiger partial charge in [0.05, 0.1) is 20.1 Å². The van der Waals surface area contributed by atoms with E-state index in [2.05, 4.69) is 0 Å². The average Bonchev–Trinajstić information content (AvgIpc) is 2.96. The highest BCUT2D eigenvalue weighted by Crippen LogP contribution is 2.23. The number of rotatable bonds is 8. The Morgan fingerprint density at radius 2 is 1.93 bits per heavy atom. The number of hydrogen-bond acceptors (Lipinski definition) is 4. The zero-order valence-corrected chi connectivity index (χ0v) is 16.5. The van der Waals surface area contributed by atoms with E-state index >= 15 is 0 Å². The molecule has 0 saturated heterocycles. The van der Waals surface area contributed by atoms with Crippen LogP contribution in [0.25, 0.3) is 6.08 Å². The Balaban J connectivity index is 2.08. The van der Waals surface area contributed by atoms with Crippen molar-refractivity contribution in [2.45, 2.75) is 57.9 Å². The van der Waals surface area contributed by atoms with E-state index in [9.17, 15) is 9.59 Å². The van der Waals surface area contributed by atoms with Crippen molar-refractivity contribution in [3.05, 3.63) is 35.9 Å². The topological polar surface area (TPSA) is 55.8 Å². The molecule has 0 radical (unpaired) electrons. The Hall–Kier alpha value is -2.30. The van der Waals surface area contributed by atoms with E-state index in [-0.39, 0.29) is 24.3 Å². The zero-order chi connectivity index (χ0) is 19.5. The third-order valence-electron chi connectivity index (χ3n) is 4.92. The summed E-state index contributed by atoms with van der Waals surface area (Å²) < 4.78 is 10.3. The molecule has 0 aliphatic heterocycles. The lowest BCUT2D eigenvalue weighted by atomic mass is 10.1. The quantitative estimate of drug-likeness (QED) is 0.389. The number of benzene rings is 1. The zero-order valence-electron chi connectivity index (χ0n) is 16.5. The molecule has 1 aromatic carbocycles. The summed E-state index contributed by atoms with van der Waals surface area (Å²) in [7, 11) is 1.62. The summed E-state index contributed by atoms with van der Waals surface area (Å²) in [4.78, 5) is 26.5. The number of ether oxygens (including phenoxy) is 2. The van der Waals surface area contributed by atoms with Crippen LogP contribution in [-0.2, 0) is 14.3 Å². The lowest BCUT2D eigenvalue weighted by Crippen LogP contribution is -2.40. The molecule has 0 spiro atoms. The van der Waals surface area contributed by atoms with Crippen LogP contribution in [0, 0.1) is 0 Å². The van der Waals surface area contributed by atoms with Gasteiger partial charge in [-0.05, 0) is 43.5 Å². The van der Waals surface area contributed by atoms with Crippen molar-refractivity contribution in [1.82, 2.24) is 4.90 Å². The molecular formula is C22H31NO4. The first-order valence-corrected chi connectivity index (χ1v) is 9.92. The Labute approximate surface area is 162 Å². The SMILES string of the molecule is CCOC(=O)CCN(C(=O)/C=C/c1cccc(OC)c1)C1CCCCCC1. The highest BCUT2D eigenvalue weighted by atomic mass is 16.5. The minimum Gasteiger partial charge on any atom is -0.497 e. The maximum atomic E-state index is 12.9. The number of hydrogen-bond donors (Lipinski definition) is 0. The Morgan fingerprint density at radius 3 is 2.59 bits per heavy atom. The number of carbonyl (C=O) groups is 2. The van der Waals surface area contributed by atoms with Gasteiger partial charge in [-0.3, -0.25) is 9.59 Å². The predicted molar refractivity (Wildman–Crippen MR) is 106 cm³/mol. The highest BCUT2D eigenvalue weighted by molar-refractivity contribution is 5.92. The average molecular weight is 373 g/mol. The summed E-state index contributed by atoms with van der Waals surface area (Å²) in [6.45, 7) is 2.57. The smallest absolute Gasteiger partial charge is 0.307 e. The largest absolute Gasteiger partial charge is 0.497 e. The maximum Gasteiger partial charge on any atom is 0.307 e. The molecule has 1 fully saturated rings. The molecular weight excluding hydrogens is 342 g/mol. The molecule has 0 aromatic heterocycles. The third kappa shape index (κ3) is 7.08. The fourth-order valence-electron chi connectivity index (χ4n) is 3.50. The minimum atomic E-state index is -0.249. The lowest BCUT2D eigenvalue weighted by molar-refractivity contribution is -0.144. The Kier molecular flexibility index (Phi) is 8.89. The van der Waals surface area contributed by atoms with E-state index in [1.807, 2.05) is 29.2 Å². The van der Waals surface area contributed by atoms with E-state index in [0.29, 0.717) is 13.2 Å². The molecule has 2 rings (SSSR count). The van der Waals surface area contributed by atoms with Crippen LogP contribution in [0.2, 0.25) is 0 Å². The van der Waals surface area contributed by atoms with Crippen molar-refractivity contribution in [2.75, 3.05) is 20.3 Å². The molecule has 1 aliphatic carbocycles. The fourth-order valence-corrected chi connectivity index (χ4v) is 3.50. The molecule has 1 amide bonds. The normalized spacial score (nSPS) is 15.3. The molecule has 0 N–H and O–H groups in total. The summed E-state index contributed by atoms with van der Waals surface area (Å²) in [5.74, 6) is 0.460. The van der Waals surface area contributed by atoms with E-state index in [1.54, 1.807) is 26.2 Å². The second-order valence-electron chi connectivity index (χ2n) is 6.84. The van der Waals surface area contributed by atoms with Gasteiger partial charge in [0, 0.05) is 18.7 Å². The number of methoxy groups -OCH3 is 1. The minimum absolute atomic E-state index is 0.0472. The second-order valence-corrected chi connectivity index (χ2v) is 6.84. The molecule has 0 atom stereocenters. The predicted octanol–water partition coefficient (Wildman–Crippen LogP) is 4.21. The summed E-state index contributed by atoms with van der Waals surface area (Å²) in [6, 6.07) is 7.78. The summed E-state index contributed by atoms with van der Waals surface area (Å²) >= 11 is 0. The molecule has 5 heteroatoms. The van der Waals surface area contributed by atoms with Crippen LogP contribution in [0.4, 0.5) is 0 Å². The van der Waals surface area contributed by atoms with Crippen molar-refractivity contribution >= 4 is 18.0 Å². The van der Waals surface area contributed by atoms with E-state index in [4.69, 9.17) is 9.47 Å². The van der Waals surface area contributed by atoms with E-state index in [0.717, 1.165) is 37.0 Å². The standard InChI is InChI=1S/C22H31NO4/c1-3-27-22(25)15-16-23(19-10-6-4-5-7-11-19)21(24)14-13-18-9-8-12-20(17-18)26-2/h8-9,12-14,17,19H,3-7,10-11,15-16H2,1-2H3/b14-13+. The molecule has 0 bridgehead atoms. The maximum absolute atomic E-state index is 12.9. The number of esters is 1. The van der Waals surface area contributed by atoms with Crippen LogP contribution < -0.4 is 4.74 Å². The lowest BCUT2D eigenvalue weighted by Gasteiger charge is -2.30. The van der Waals surface area contributed by atoms with E-state index < -0.39 is 0 Å². The van der Waals surface area contributed by atoms with Gasteiger partial charge in [-0.15, -0.1) is 0 Å². The highest BCUT2D eigenvalue weighted by Gasteiger charge is 2.24. The monoisotopic (exact) mass is 373 g/mol. The number of carbonyl (C=O) groups excluding carboxylic acids is 2. The van der Waals surface area contributed by atoms with Gasteiger partial charge in [0.1, 0.15) is 5.75 Å². The molecule has 0 heterocycles. The van der Waals surface area contributed by atoms with Gasteiger partial charge >= 0.3 is 5.97 Å². The third-order valence-corrected chi connectivity index (χ3v) is 4.92. The first kappa shape index (κ1) is 21.0. The van der Waals surface area contributed by atoms with Gasteiger partial charge < -0.3 is 14.4 Å². The first-order valence-electron chi connectivity index (χ1n) is 9.92. The van der Waals surface area contributed by atoms with Gasteiger partial charge in [-0.2, -0.15) is 0 Å². The molecule has 148 valence electrons. The van der Waals surface area contributed by atoms with Gasteiger partial charge in [0.25, 0.3) is 0 Å². The summed E-state index contributed by atoms with van der Waals surface area (Å²) in [6.07, 6.45) is 10.4. The molecule has 1 saturated carbocycles. The van der Waals surface area contributed by atoms with Crippen LogP contribution in [0.3, 0.4) is 0 Å². The van der Waals surface area contributed by atoms with Gasteiger partial charge in [-0.25, -0.2) is 0 Å². The van der Waals surface area contributed by atoms with Crippen molar-refractivity contribution in [3.8, 4) is 5.75 Å². The van der Waals surface area contributed by atoms with Crippen molar-refractivity contribution in [2.24, 2.45) is 0 Å². The Bertz CT molecular complexity index is 633. The first-order chi connectivity index (χ1) is 13.1. The summed E-state index contributed by atoms with van der Waals surface area (Å²) in [5.41, 5.74) is 0.911. The van der Waals surface area contributed by atoms with Crippen LogP contribution >= 0.6 is 0 Å². The fraction of sp³-hybridized carbons (Fsp3) is 0.545. The molecule has 1 aliphatic rings. The van der Waals surface area contributed by atoms with Crippen LogP contribution in [0.1, 0.15) is 57.4 Å². The molecule has 5 nitrogen and oxygen atoms in total. The number of nitrogens with zero attached hydrogens (tertiary/aromatic N) is 1. The van der Waals surface area contributed by atoms with Gasteiger partial charge in [-0.1, -0.05) is 37.8 Å². The molecule has 27 heavy (non-hydrogen) atoms. The van der Waals surface area contributed by atoms with Crippen molar-refractivity contribution in [3.63, 3.8) is 0 Å². The van der Waals surface area contributed by atoms with Gasteiger partial charge in [0.2, 0.25) is 5.91 Å². The second kappa shape index (κ2) is 11.4. The van der Waals surface area contributed by atoms with Crippen LogP contribution in [0.15, 0.2) is 30.3 Å².